The fraction of sp³-hybridized carbons (Fsp3) is 1.00. The maximum atomic E-state index is 5.59. The van der Waals surface area contributed by atoms with E-state index in [0.717, 1.165) is 37.6 Å². The molecule has 0 aromatic heterocycles. The van der Waals surface area contributed by atoms with Gasteiger partial charge in [-0.3, -0.25) is 0 Å². The number of hydrogen-bond acceptors (Lipinski definition) is 2. The van der Waals surface area contributed by atoms with Crippen LogP contribution in [0.1, 0.15) is 59.3 Å². The summed E-state index contributed by atoms with van der Waals surface area (Å²) in [6, 6.07) is 0.757. The van der Waals surface area contributed by atoms with Gasteiger partial charge in [0, 0.05) is 19.2 Å². The highest BCUT2D eigenvalue weighted by atomic mass is 16.5. The minimum absolute atomic E-state index is 0.757. The van der Waals surface area contributed by atoms with Crippen LogP contribution >= 0.6 is 0 Å². The summed E-state index contributed by atoms with van der Waals surface area (Å²) in [6.07, 6.45) is 7.99. The smallest absolute Gasteiger partial charge is 0.0591 e. The molecule has 1 saturated carbocycles. The molecule has 1 fully saturated rings. The number of ether oxygens (including phenoxy) is 1. The number of nitrogens with one attached hydrogen (secondary N) is 1. The van der Waals surface area contributed by atoms with Gasteiger partial charge in [0.05, 0.1) is 6.61 Å². The van der Waals surface area contributed by atoms with Crippen LogP contribution in [0.3, 0.4) is 0 Å². The standard InChI is InChI=1S/C15H31NO/c1-4-5-11-17-12-10-16-15(14-7-8-14)9-6-13(2)3/h13-16H,4-12H2,1-3H3. The Labute approximate surface area is 108 Å². The first kappa shape index (κ1) is 15.0. The highest BCUT2D eigenvalue weighted by Crippen LogP contribution is 2.34. The quantitative estimate of drug-likeness (QED) is 0.558. The zero-order chi connectivity index (χ0) is 12.5. The summed E-state index contributed by atoms with van der Waals surface area (Å²) in [5, 5.41) is 3.69. The highest BCUT2D eigenvalue weighted by Gasteiger charge is 2.30. The van der Waals surface area contributed by atoms with Gasteiger partial charge >= 0.3 is 0 Å². The molecule has 0 heterocycles. The second kappa shape index (κ2) is 8.93. The Morgan fingerprint density at radius 2 is 1.94 bits per heavy atom. The van der Waals surface area contributed by atoms with Gasteiger partial charge in [-0.05, 0) is 43.9 Å². The van der Waals surface area contributed by atoms with E-state index in [-0.39, 0.29) is 0 Å². The number of unbranched alkanes of at least 4 members (excludes halogenated alkanes) is 1. The van der Waals surface area contributed by atoms with Crippen LogP contribution in [-0.2, 0) is 4.74 Å². The van der Waals surface area contributed by atoms with Gasteiger partial charge in [-0.15, -0.1) is 0 Å². The van der Waals surface area contributed by atoms with Crippen LogP contribution in [0.15, 0.2) is 0 Å². The van der Waals surface area contributed by atoms with Crippen LogP contribution in [0.2, 0.25) is 0 Å². The molecule has 17 heavy (non-hydrogen) atoms. The second-order valence-electron chi connectivity index (χ2n) is 5.84. The molecule has 1 aliphatic carbocycles. The molecule has 102 valence electrons. The molecule has 0 bridgehead atoms. The lowest BCUT2D eigenvalue weighted by atomic mass is 10.0. The fourth-order valence-electron chi connectivity index (χ4n) is 2.18. The summed E-state index contributed by atoms with van der Waals surface area (Å²) in [5.74, 6) is 1.79. The maximum Gasteiger partial charge on any atom is 0.0591 e. The lowest BCUT2D eigenvalue weighted by Crippen LogP contribution is -2.34. The molecular formula is C15H31NO. The van der Waals surface area contributed by atoms with Crippen molar-refractivity contribution < 1.29 is 4.74 Å². The van der Waals surface area contributed by atoms with Crippen molar-refractivity contribution in [1.29, 1.82) is 0 Å². The van der Waals surface area contributed by atoms with Crippen LogP contribution in [0.5, 0.6) is 0 Å². The van der Waals surface area contributed by atoms with Crippen molar-refractivity contribution in [2.45, 2.75) is 65.3 Å². The van der Waals surface area contributed by atoms with Crippen molar-refractivity contribution in [2.24, 2.45) is 11.8 Å². The van der Waals surface area contributed by atoms with Gasteiger partial charge in [-0.2, -0.15) is 0 Å². The third-order valence-corrected chi connectivity index (χ3v) is 3.54. The van der Waals surface area contributed by atoms with Crippen molar-refractivity contribution in [1.82, 2.24) is 5.32 Å². The Morgan fingerprint density at radius 3 is 2.53 bits per heavy atom. The van der Waals surface area contributed by atoms with Crippen molar-refractivity contribution in [2.75, 3.05) is 19.8 Å². The number of rotatable bonds is 11. The SMILES string of the molecule is CCCCOCCNC(CCC(C)C)C1CC1. The summed E-state index contributed by atoms with van der Waals surface area (Å²) >= 11 is 0. The van der Waals surface area contributed by atoms with Gasteiger partial charge in [-0.1, -0.05) is 27.2 Å². The first-order valence-electron chi connectivity index (χ1n) is 7.55. The molecule has 0 aromatic rings. The molecule has 2 heteroatoms. The summed E-state index contributed by atoms with van der Waals surface area (Å²) in [5.41, 5.74) is 0. The Kier molecular flexibility index (Phi) is 7.87. The van der Waals surface area contributed by atoms with E-state index in [1.54, 1.807) is 0 Å². The van der Waals surface area contributed by atoms with E-state index in [4.69, 9.17) is 4.74 Å². The summed E-state index contributed by atoms with van der Waals surface area (Å²) in [4.78, 5) is 0. The first-order chi connectivity index (χ1) is 8.24. The molecule has 1 aliphatic rings. The van der Waals surface area contributed by atoms with E-state index in [1.165, 1.54) is 38.5 Å². The molecule has 0 radical (unpaired) electrons. The van der Waals surface area contributed by atoms with E-state index in [1.807, 2.05) is 0 Å². The molecule has 2 nitrogen and oxygen atoms in total. The van der Waals surface area contributed by atoms with Gasteiger partial charge in [0.15, 0.2) is 0 Å². The predicted octanol–water partition coefficient (Wildman–Crippen LogP) is 3.61. The molecule has 1 rings (SSSR count). The Balaban J connectivity index is 2.00. The van der Waals surface area contributed by atoms with Crippen molar-refractivity contribution in [3.8, 4) is 0 Å². The van der Waals surface area contributed by atoms with E-state index >= 15 is 0 Å². The lowest BCUT2D eigenvalue weighted by molar-refractivity contribution is 0.129. The van der Waals surface area contributed by atoms with Gasteiger partial charge in [-0.25, -0.2) is 0 Å². The van der Waals surface area contributed by atoms with Crippen LogP contribution in [0.4, 0.5) is 0 Å². The summed E-state index contributed by atoms with van der Waals surface area (Å²) < 4.78 is 5.59. The van der Waals surface area contributed by atoms with E-state index < -0.39 is 0 Å². The molecule has 0 spiro atoms. The number of hydrogen-bond donors (Lipinski definition) is 1. The van der Waals surface area contributed by atoms with Gasteiger partial charge in [0.1, 0.15) is 0 Å². The largest absolute Gasteiger partial charge is 0.380 e. The predicted molar refractivity (Wildman–Crippen MR) is 74.3 cm³/mol. The maximum absolute atomic E-state index is 5.59. The Hall–Kier alpha value is -0.0800. The molecular weight excluding hydrogens is 210 g/mol. The summed E-state index contributed by atoms with van der Waals surface area (Å²) in [7, 11) is 0. The molecule has 0 saturated heterocycles. The van der Waals surface area contributed by atoms with Crippen molar-refractivity contribution in [3.63, 3.8) is 0 Å². The molecule has 0 amide bonds. The normalized spacial score (nSPS) is 17.6. The minimum atomic E-state index is 0.757. The molecule has 0 aromatic carbocycles. The van der Waals surface area contributed by atoms with Crippen LogP contribution in [0, 0.1) is 11.8 Å². The molecule has 1 unspecified atom stereocenters. The second-order valence-corrected chi connectivity index (χ2v) is 5.84. The zero-order valence-electron chi connectivity index (χ0n) is 12.0. The third-order valence-electron chi connectivity index (χ3n) is 3.54. The topological polar surface area (TPSA) is 21.3 Å². The first-order valence-corrected chi connectivity index (χ1v) is 7.55. The zero-order valence-corrected chi connectivity index (χ0v) is 12.0. The fourth-order valence-corrected chi connectivity index (χ4v) is 2.18. The highest BCUT2D eigenvalue weighted by molar-refractivity contribution is 4.86. The van der Waals surface area contributed by atoms with E-state index in [9.17, 15) is 0 Å². The third kappa shape index (κ3) is 7.77. The average Bonchev–Trinajstić information content (AvgIpc) is 3.11. The lowest BCUT2D eigenvalue weighted by Gasteiger charge is -2.19. The van der Waals surface area contributed by atoms with Gasteiger partial charge in [0.25, 0.3) is 0 Å². The van der Waals surface area contributed by atoms with Crippen LogP contribution in [0.25, 0.3) is 0 Å². The van der Waals surface area contributed by atoms with Gasteiger partial charge < -0.3 is 10.1 Å². The monoisotopic (exact) mass is 241 g/mol. The Morgan fingerprint density at radius 1 is 1.18 bits per heavy atom. The Bertz CT molecular complexity index is 178. The van der Waals surface area contributed by atoms with Crippen molar-refractivity contribution >= 4 is 0 Å². The molecule has 1 atom stereocenters. The molecule has 0 aliphatic heterocycles. The average molecular weight is 241 g/mol. The van der Waals surface area contributed by atoms with Crippen LogP contribution in [-0.4, -0.2) is 25.8 Å². The minimum Gasteiger partial charge on any atom is -0.380 e. The van der Waals surface area contributed by atoms with E-state index in [0.29, 0.717) is 0 Å². The molecule has 1 N–H and O–H groups in total. The van der Waals surface area contributed by atoms with Gasteiger partial charge in [0.2, 0.25) is 0 Å². The van der Waals surface area contributed by atoms with E-state index in [2.05, 4.69) is 26.1 Å². The summed E-state index contributed by atoms with van der Waals surface area (Å²) in [6.45, 7) is 9.68. The van der Waals surface area contributed by atoms with Crippen LogP contribution < -0.4 is 5.32 Å². The van der Waals surface area contributed by atoms with Crippen molar-refractivity contribution in [3.05, 3.63) is 0 Å².